The van der Waals surface area contributed by atoms with E-state index in [9.17, 15) is 44.3 Å². The Hall–Kier alpha value is -4.28. The van der Waals surface area contributed by atoms with Gasteiger partial charge in [0.25, 0.3) is 0 Å². The van der Waals surface area contributed by atoms with Crippen molar-refractivity contribution in [2.75, 3.05) is 48.0 Å². The molecule has 1 saturated heterocycles. The summed E-state index contributed by atoms with van der Waals surface area (Å²) >= 11 is 0. The molecule has 2 aliphatic rings. The number of halogens is 9. The van der Waals surface area contributed by atoms with E-state index < -0.39 is 53.7 Å². The molecule has 0 radical (unpaired) electrons. The number of benzene rings is 2. The van der Waals surface area contributed by atoms with Crippen molar-refractivity contribution in [1.82, 2.24) is 9.97 Å². The summed E-state index contributed by atoms with van der Waals surface area (Å²) in [5.74, 6) is -1.02. The quantitative estimate of drug-likeness (QED) is 0.150. The summed E-state index contributed by atoms with van der Waals surface area (Å²) in [7, 11) is 0. The Morgan fingerprint density at radius 1 is 0.902 bits per heavy atom. The average molecular weight is 734 g/mol. The lowest BCUT2D eigenvalue weighted by atomic mass is 9.88. The van der Waals surface area contributed by atoms with Gasteiger partial charge in [-0.2, -0.15) is 39.5 Å². The summed E-state index contributed by atoms with van der Waals surface area (Å²) < 4.78 is 129. The van der Waals surface area contributed by atoms with Gasteiger partial charge in [-0.15, -0.1) is 0 Å². The second-order valence-electron chi connectivity index (χ2n) is 12.5. The van der Waals surface area contributed by atoms with Gasteiger partial charge >= 0.3 is 24.5 Å². The molecule has 0 unspecified atom stereocenters. The first-order chi connectivity index (χ1) is 23.9. The minimum absolute atomic E-state index is 0.0488. The molecule has 17 heteroatoms. The topological polar surface area (TPSA) is 90.8 Å². The third-order valence-electron chi connectivity index (χ3n) is 9.02. The number of hydrogen-bond donors (Lipinski definition) is 2. The van der Waals surface area contributed by atoms with Crippen LogP contribution >= 0.6 is 0 Å². The Morgan fingerprint density at radius 2 is 1.55 bits per heavy atom. The molecular formula is C34H36F9N5O3. The van der Waals surface area contributed by atoms with Crippen LogP contribution in [0.1, 0.15) is 78.6 Å². The Kier molecular flexibility index (Phi) is 11.3. The summed E-state index contributed by atoms with van der Waals surface area (Å²) in [6.07, 6.45) is -12.1. The number of rotatable bonds is 11. The normalized spacial score (nSPS) is 18.5. The number of aliphatic carboxylic acids is 1. The third-order valence-corrected chi connectivity index (χ3v) is 9.02. The van der Waals surface area contributed by atoms with Gasteiger partial charge in [-0.3, -0.25) is 4.79 Å². The summed E-state index contributed by atoms with van der Waals surface area (Å²) in [5.41, 5.74) is -2.81. The van der Waals surface area contributed by atoms with Gasteiger partial charge in [-0.25, -0.2) is 9.97 Å². The molecule has 2 aromatic carbocycles. The van der Waals surface area contributed by atoms with Crippen LogP contribution in [0, 0.1) is 0 Å². The highest BCUT2D eigenvalue weighted by Crippen LogP contribution is 2.43. The van der Waals surface area contributed by atoms with Crippen LogP contribution < -0.4 is 15.1 Å². The number of alkyl halides is 9. The number of hydrogen-bond acceptors (Lipinski definition) is 7. The highest BCUT2D eigenvalue weighted by molar-refractivity contribution is 5.66. The molecule has 8 nitrogen and oxygen atoms in total. The molecule has 2 atom stereocenters. The molecule has 1 fully saturated rings. The first-order valence-electron chi connectivity index (χ1n) is 16.4. The lowest BCUT2D eigenvalue weighted by Crippen LogP contribution is -2.42. The number of carboxylic acids is 1. The van der Waals surface area contributed by atoms with Gasteiger partial charge in [-0.1, -0.05) is 6.92 Å². The molecule has 278 valence electrons. The molecule has 1 aromatic heterocycles. The number of carbonyl (C=O) groups is 1. The highest BCUT2D eigenvalue weighted by atomic mass is 19.4. The minimum Gasteiger partial charge on any atom is -0.481 e. The number of ether oxygens (including phenoxy) is 1. The van der Waals surface area contributed by atoms with E-state index in [1.165, 1.54) is 12.3 Å². The van der Waals surface area contributed by atoms with Gasteiger partial charge in [0.2, 0.25) is 5.95 Å². The van der Waals surface area contributed by atoms with E-state index in [2.05, 4.69) is 15.3 Å². The Balaban J connectivity index is 1.53. The van der Waals surface area contributed by atoms with Crippen LogP contribution in [0.4, 0.5) is 56.8 Å². The number of aromatic nitrogens is 2. The largest absolute Gasteiger partial charge is 0.481 e. The first kappa shape index (κ1) is 38.0. The summed E-state index contributed by atoms with van der Waals surface area (Å²) in [6, 6.07) is 3.80. The van der Waals surface area contributed by atoms with Gasteiger partial charge in [0.15, 0.2) is 0 Å². The zero-order valence-corrected chi connectivity index (χ0v) is 27.4. The summed E-state index contributed by atoms with van der Waals surface area (Å²) in [6.45, 7) is 3.66. The number of unbranched alkanes of at least 4 members (excludes halogenated alkanes) is 1. The fourth-order valence-electron chi connectivity index (χ4n) is 6.53. The summed E-state index contributed by atoms with van der Waals surface area (Å²) in [4.78, 5) is 23.8. The lowest BCUT2D eigenvalue weighted by Gasteiger charge is -2.43. The molecular weight excluding hydrogens is 697 g/mol. The standard InChI is InChI=1S/C34H36F9N5O3/c1-2-24-18-26(25-17-21(32(35,36)37)6-7-28(25)48(24)8-4-3-5-30(49)50)45-31-44-19-29(47-9-11-51-12-10-47)27(46-31)15-20-13-22(33(38,39)40)16-23(14-20)34(41,42)43/h6-7,13-14,16-17,19,24,26H,2-5,8-12,15,18H2,1H3,(H,49,50)(H,44,45,46)/t24-,26+/m1/s1. The number of nitrogens with zero attached hydrogens (tertiary/aromatic N) is 4. The maximum absolute atomic E-state index is 13.9. The zero-order chi connectivity index (χ0) is 37.1. The predicted octanol–water partition coefficient (Wildman–Crippen LogP) is 8.36. The van der Waals surface area contributed by atoms with Crippen molar-refractivity contribution in [1.29, 1.82) is 0 Å². The van der Waals surface area contributed by atoms with Crippen molar-refractivity contribution in [2.24, 2.45) is 0 Å². The van der Waals surface area contributed by atoms with Gasteiger partial charge in [0, 0.05) is 44.2 Å². The molecule has 0 spiro atoms. The van der Waals surface area contributed by atoms with E-state index >= 15 is 0 Å². The monoisotopic (exact) mass is 733 g/mol. The van der Waals surface area contributed by atoms with Gasteiger partial charge < -0.3 is 25.0 Å². The van der Waals surface area contributed by atoms with Gasteiger partial charge in [0.05, 0.1) is 53.5 Å². The molecule has 0 saturated carbocycles. The number of carboxylic acid groups (broad SMARTS) is 1. The maximum Gasteiger partial charge on any atom is 0.416 e. The number of nitrogens with one attached hydrogen (secondary N) is 1. The first-order valence-corrected chi connectivity index (χ1v) is 16.4. The molecule has 3 aromatic rings. The lowest BCUT2D eigenvalue weighted by molar-refractivity contribution is -0.143. The van der Waals surface area contributed by atoms with Gasteiger partial charge in [-0.05, 0) is 73.2 Å². The maximum atomic E-state index is 13.9. The van der Waals surface area contributed by atoms with Crippen LogP contribution in [0.3, 0.4) is 0 Å². The fraction of sp³-hybridized carbons (Fsp3) is 0.500. The molecule has 3 heterocycles. The van der Waals surface area contributed by atoms with Crippen LogP contribution in [0.5, 0.6) is 0 Å². The zero-order valence-electron chi connectivity index (χ0n) is 27.4. The minimum atomic E-state index is -5.05. The molecule has 0 aliphatic carbocycles. The third kappa shape index (κ3) is 9.34. The molecule has 2 aliphatic heterocycles. The van der Waals surface area contributed by atoms with Crippen molar-refractivity contribution in [2.45, 2.75) is 76.1 Å². The van der Waals surface area contributed by atoms with Gasteiger partial charge in [0.1, 0.15) is 0 Å². The van der Waals surface area contributed by atoms with Crippen LogP contribution in [0.15, 0.2) is 42.6 Å². The van der Waals surface area contributed by atoms with Crippen molar-refractivity contribution in [3.05, 3.63) is 76.1 Å². The van der Waals surface area contributed by atoms with Crippen molar-refractivity contribution in [3.8, 4) is 0 Å². The fourth-order valence-corrected chi connectivity index (χ4v) is 6.53. The van der Waals surface area contributed by atoms with E-state index in [-0.39, 0.29) is 35.7 Å². The number of fused-ring (bicyclic) bond motifs is 1. The van der Waals surface area contributed by atoms with E-state index in [0.717, 1.165) is 12.1 Å². The molecule has 51 heavy (non-hydrogen) atoms. The smallest absolute Gasteiger partial charge is 0.416 e. The van der Waals surface area contributed by atoms with E-state index in [1.807, 2.05) is 16.7 Å². The molecule has 2 N–H and O–H groups in total. The second kappa shape index (κ2) is 15.1. The summed E-state index contributed by atoms with van der Waals surface area (Å²) in [5, 5.41) is 12.1. The van der Waals surface area contributed by atoms with E-state index in [0.29, 0.717) is 87.6 Å². The predicted molar refractivity (Wildman–Crippen MR) is 170 cm³/mol. The van der Waals surface area contributed by atoms with E-state index in [1.54, 1.807) is 0 Å². The molecule has 0 bridgehead atoms. The van der Waals surface area contributed by atoms with Crippen LogP contribution in [0.25, 0.3) is 0 Å². The Labute approximate surface area is 287 Å². The van der Waals surface area contributed by atoms with E-state index in [4.69, 9.17) is 9.84 Å². The molecule has 5 rings (SSSR count). The van der Waals surface area contributed by atoms with Crippen LogP contribution in [-0.2, 0) is 34.5 Å². The van der Waals surface area contributed by atoms with Crippen molar-refractivity contribution >= 4 is 23.3 Å². The Bertz CT molecular complexity index is 1660. The number of anilines is 3. The Morgan fingerprint density at radius 3 is 2.14 bits per heavy atom. The van der Waals surface area contributed by atoms with Crippen LogP contribution in [0.2, 0.25) is 0 Å². The average Bonchev–Trinajstić information content (AvgIpc) is 3.06. The second-order valence-corrected chi connectivity index (χ2v) is 12.5. The SMILES string of the molecule is CC[C@@H]1C[C@H](Nc2ncc(N3CCOCC3)c(Cc3cc(C(F)(F)F)cc(C(F)(F)F)c3)n2)c2cc(C(F)(F)F)ccc2N1CCCCC(=O)O. The number of morpholine rings is 1. The molecule has 0 amide bonds. The van der Waals surface area contributed by atoms with Crippen LogP contribution in [-0.4, -0.2) is 59.9 Å². The van der Waals surface area contributed by atoms with Crippen molar-refractivity contribution < 1.29 is 54.2 Å². The van der Waals surface area contributed by atoms with Crippen molar-refractivity contribution in [3.63, 3.8) is 0 Å². The highest BCUT2D eigenvalue weighted by Gasteiger charge is 2.38.